The van der Waals surface area contributed by atoms with E-state index in [0.717, 1.165) is 18.4 Å². The van der Waals surface area contributed by atoms with Crippen molar-refractivity contribution >= 4 is 16.8 Å². The summed E-state index contributed by atoms with van der Waals surface area (Å²) in [6.07, 6.45) is 5.06. The smallest absolute Gasteiger partial charge is 0.222 e. The number of fused-ring (bicyclic) bond motifs is 1. The van der Waals surface area contributed by atoms with Crippen LogP contribution in [0, 0.1) is 0 Å². The summed E-state index contributed by atoms with van der Waals surface area (Å²) in [4.78, 5) is 17.1. The number of aliphatic hydroxyl groups is 1. The van der Waals surface area contributed by atoms with Crippen LogP contribution in [0.25, 0.3) is 10.9 Å². The number of amides is 1. The van der Waals surface area contributed by atoms with E-state index in [1.54, 1.807) is 4.90 Å². The Balaban J connectivity index is 1.49. The fourth-order valence-electron chi connectivity index (χ4n) is 2.99. The van der Waals surface area contributed by atoms with Crippen LogP contribution in [0.3, 0.4) is 0 Å². The molecule has 0 aliphatic carbocycles. The number of aromatic nitrogens is 1. The fraction of sp³-hybridized carbons (Fsp3) is 0.471. The largest absolute Gasteiger partial charge is 0.386 e. The summed E-state index contributed by atoms with van der Waals surface area (Å²) in [6.45, 7) is 2.95. The fourth-order valence-corrected chi connectivity index (χ4v) is 2.99. The number of rotatable bonds is 5. The number of para-hydroxylation sites is 1. The summed E-state index contributed by atoms with van der Waals surface area (Å²) < 4.78 is 0. The SMILES string of the molecule is CCC1(O)CN(C(=O)CCCc2c[nH]c3ccccc23)C1. The number of carbonyl (C=O) groups is 1. The zero-order valence-corrected chi connectivity index (χ0v) is 12.4. The maximum atomic E-state index is 12.0. The number of hydrogen-bond donors (Lipinski definition) is 2. The van der Waals surface area contributed by atoms with Crippen LogP contribution in [0.2, 0.25) is 0 Å². The number of aryl methyl sites for hydroxylation is 1. The van der Waals surface area contributed by atoms with Gasteiger partial charge in [0.25, 0.3) is 0 Å². The molecule has 0 bridgehead atoms. The number of H-pyrrole nitrogens is 1. The van der Waals surface area contributed by atoms with Crippen molar-refractivity contribution < 1.29 is 9.90 Å². The first kappa shape index (κ1) is 14.1. The van der Waals surface area contributed by atoms with Crippen LogP contribution in [0.15, 0.2) is 30.5 Å². The maximum Gasteiger partial charge on any atom is 0.222 e. The van der Waals surface area contributed by atoms with Crippen molar-refractivity contribution in [1.82, 2.24) is 9.88 Å². The van der Waals surface area contributed by atoms with E-state index in [4.69, 9.17) is 0 Å². The summed E-state index contributed by atoms with van der Waals surface area (Å²) >= 11 is 0. The van der Waals surface area contributed by atoms with Gasteiger partial charge in [0.1, 0.15) is 0 Å². The molecular weight excluding hydrogens is 264 g/mol. The third kappa shape index (κ3) is 2.81. The van der Waals surface area contributed by atoms with Crippen molar-refractivity contribution in [2.24, 2.45) is 0 Å². The van der Waals surface area contributed by atoms with Gasteiger partial charge in [-0.1, -0.05) is 25.1 Å². The van der Waals surface area contributed by atoms with Crippen molar-refractivity contribution in [1.29, 1.82) is 0 Å². The van der Waals surface area contributed by atoms with Crippen LogP contribution in [-0.4, -0.2) is 39.6 Å². The molecule has 0 saturated carbocycles. The summed E-state index contributed by atoms with van der Waals surface area (Å²) in [7, 11) is 0. The normalized spacial score (nSPS) is 17.0. The minimum absolute atomic E-state index is 0.160. The highest BCUT2D eigenvalue weighted by Gasteiger charge is 2.41. The Hall–Kier alpha value is -1.81. The molecule has 2 aromatic rings. The predicted molar refractivity (Wildman–Crippen MR) is 83.1 cm³/mol. The molecule has 112 valence electrons. The molecule has 1 amide bonds. The van der Waals surface area contributed by atoms with Gasteiger partial charge in [0.15, 0.2) is 0 Å². The second-order valence-electron chi connectivity index (χ2n) is 6.04. The molecule has 21 heavy (non-hydrogen) atoms. The van der Waals surface area contributed by atoms with E-state index in [-0.39, 0.29) is 5.91 Å². The molecule has 1 aromatic heterocycles. The van der Waals surface area contributed by atoms with Crippen LogP contribution < -0.4 is 0 Å². The van der Waals surface area contributed by atoms with Gasteiger partial charge in [0, 0.05) is 23.5 Å². The van der Waals surface area contributed by atoms with E-state index in [1.807, 2.05) is 25.3 Å². The molecule has 0 radical (unpaired) electrons. The molecule has 0 atom stereocenters. The zero-order chi connectivity index (χ0) is 14.9. The van der Waals surface area contributed by atoms with Crippen molar-refractivity contribution in [3.8, 4) is 0 Å². The van der Waals surface area contributed by atoms with E-state index in [1.165, 1.54) is 10.9 Å². The average molecular weight is 286 g/mol. The van der Waals surface area contributed by atoms with Gasteiger partial charge in [-0.25, -0.2) is 0 Å². The number of β-amino-alcohol motifs (C(OH)–C–C–N with tert-alkyl or cyclic N) is 1. The first-order valence-electron chi connectivity index (χ1n) is 7.66. The monoisotopic (exact) mass is 286 g/mol. The molecule has 1 fully saturated rings. The number of hydrogen-bond acceptors (Lipinski definition) is 2. The van der Waals surface area contributed by atoms with Crippen molar-refractivity contribution in [3.05, 3.63) is 36.0 Å². The predicted octanol–water partition coefficient (Wildman–Crippen LogP) is 2.47. The molecule has 1 saturated heterocycles. The molecule has 2 heterocycles. The highest BCUT2D eigenvalue weighted by Crippen LogP contribution is 2.25. The molecule has 1 aliphatic heterocycles. The summed E-state index contributed by atoms with van der Waals surface area (Å²) in [5, 5.41) is 11.2. The van der Waals surface area contributed by atoms with Crippen LogP contribution in [-0.2, 0) is 11.2 Å². The Morgan fingerprint density at radius 2 is 2.14 bits per heavy atom. The van der Waals surface area contributed by atoms with Crippen molar-refractivity contribution in [2.75, 3.05) is 13.1 Å². The zero-order valence-electron chi connectivity index (χ0n) is 12.4. The lowest BCUT2D eigenvalue weighted by Crippen LogP contribution is -2.63. The van der Waals surface area contributed by atoms with Gasteiger partial charge in [0.05, 0.1) is 18.7 Å². The average Bonchev–Trinajstić information content (AvgIpc) is 2.87. The topological polar surface area (TPSA) is 56.3 Å². The van der Waals surface area contributed by atoms with E-state index >= 15 is 0 Å². The Morgan fingerprint density at radius 3 is 2.90 bits per heavy atom. The first-order valence-corrected chi connectivity index (χ1v) is 7.66. The second-order valence-corrected chi connectivity index (χ2v) is 6.04. The number of nitrogens with zero attached hydrogens (tertiary/aromatic N) is 1. The molecule has 4 heteroatoms. The standard InChI is InChI=1S/C17H22N2O2/c1-2-17(21)11-19(12-17)16(20)9-5-6-13-10-18-15-8-4-3-7-14(13)15/h3-4,7-8,10,18,21H,2,5-6,9,11-12H2,1H3. The van der Waals surface area contributed by atoms with Gasteiger partial charge in [-0.05, 0) is 30.9 Å². The Labute approximate surface area is 124 Å². The maximum absolute atomic E-state index is 12.0. The Morgan fingerprint density at radius 1 is 1.38 bits per heavy atom. The lowest BCUT2D eigenvalue weighted by atomic mass is 9.91. The van der Waals surface area contributed by atoms with E-state index < -0.39 is 5.60 Å². The number of aromatic amines is 1. The number of carbonyl (C=O) groups excluding carboxylic acids is 1. The Bertz CT molecular complexity index is 641. The second kappa shape index (κ2) is 5.53. The third-order valence-electron chi connectivity index (χ3n) is 4.49. The third-order valence-corrected chi connectivity index (χ3v) is 4.49. The quantitative estimate of drug-likeness (QED) is 0.887. The van der Waals surface area contributed by atoms with Crippen molar-refractivity contribution in [2.45, 2.75) is 38.2 Å². The molecule has 3 rings (SSSR count). The number of likely N-dealkylation sites (tertiary alicyclic amines) is 1. The van der Waals surface area contributed by atoms with Gasteiger partial charge >= 0.3 is 0 Å². The van der Waals surface area contributed by atoms with Gasteiger partial charge in [-0.15, -0.1) is 0 Å². The van der Waals surface area contributed by atoms with Crippen LogP contribution in [0.1, 0.15) is 31.7 Å². The molecule has 0 spiro atoms. The molecule has 1 aliphatic rings. The molecule has 0 unspecified atom stereocenters. The van der Waals surface area contributed by atoms with Gasteiger partial charge < -0.3 is 15.0 Å². The molecule has 1 aromatic carbocycles. The molecular formula is C17H22N2O2. The Kier molecular flexibility index (Phi) is 3.72. The highest BCUT2D eigenvalue weighted by atomic mass is 16.3. The lowest BCUT2D eigenvalue weighted by Gasteiger charge is -2.46. The van der Waals surface area contributed by atoms with Crippen LogP contribution in [0.4, 0.5) is 0 Å². The van der Waals surface area contributed by atoms with Gasteiger partial charge in [-0.2, -0.15) is 0 Å². The number of benzene rings is 1. The van der Waals surface area contributed by atoms with Crippen LogP contribution in [0.5, 0.6) is 0 Å². The lowest BCUT2D eigenvalue weighted by molar-refractivity contribution is -0.155. The molecule has 4 nitrogen and oxygen atoms in total. The van der Waals surface area contributed by atoms with Gasteiger partial charge in [-0.3, -0.25) is 4.79 Å². The first-order chi connectivity index (χ1) is 10.1. The number of nitrogens with one attached hydrogen (secondary N) is 1. The van der Waals surface area contributed by atoms with Crippen LogP contribution >= 0.6 is 0 Å². The van der Waals surface area contributed by atoms with E-state index in [9.17, 15) is 9.90 Å². The highest BCUT2D eigenvalue weighted by molar-refractivity contribution is 5.83. The van der Waals surface area contributed by atoms with E-state index in [0.29, 0.717) is 25.9 Å². The van der Waals surface area contributed by atoms with Crippen molar-refractivity contribution in [3.63, 3.8) is 0 Å². The van der Waals surface area contributed by atoms with E-state index in [2.05, 4.69) is 17.1 Å². The molecule has 2 N–H and O–H groups in total. The summed E-state index contributed by atoms with van der Waals surface area (Å²) in [5.41, 5.74) is 1.79. The van der Waals surface area contributed by atoms with Gasteiger partial charge in [0.2, 0.25) is 5.91 Å². The minimum Gasteiger partial charge on any atom is -0.386 e. The minimum atomic E-state index is -0.632. The summed E-state index contributed by atoms with van der Waals surface area (Å²) in [6, 6.07) is 8.23. The summed E-state index contributed by atoms with van der Waals surface area (Å²) in [5.74, 6) is 0.160.